The van der Waals surface area contributed by atoms with Crippen LogP contribution in [0.25, 0.3) is 0 Å². The fourth-order valence-corrected chi connectivity index (χ4v) is 3.27. The van der Waals surface area contributed by atoms with E-state index in [4.69, 9.17) is 0 Å². The highest BCUT2D eigenvalue weighted by Gasteiger charge is 2.28. The molecule has 0 saturated carbocycles. The van der Waals surface area contributed by atoms with Crippen LogP contribution in [-0.4, -0.2) is 29.5 Å². The van der Waals surface area contributed by atoms with Crippen molar-refractivity contribution in [3.05, 3.63) is 54.4 Å². The molecule has 1 aliphatic heterocycles. The Morgan fingerprint density at radius 3 is 2.26 bits per heavy atom. The summed E-state index contributed by atoms with van der Waals surface area (Å²) in [6.07, 6.45) is 3.52. The van der Waals surface area contributed by atoms with Gasteiger partial charge in [-0.2, -0.15) is 0 Å². The monoisotopic (exact) mass is 317 g/mol. The maximum atomic E-state index is 13.5. The topological polar surface area (TPSA) is 29.0 Å². The Kier molecular flexibility index (Phi) is 5.16. The number of alkyl halides is 2. The van der Waals surface area contributed by atoms with E-state index in [-0.39, 0.29) is 0 Å². The fourth-order valence-electron chi connectivity index (χ4n) is 3.27. The van der Waals surface area contributed by atoms with Gasteiger partial charge in [0.05, 0.1) is 0 Å². The van der Waals surface area contributed by atoms with Gasteiger partial charge >= 0.3 is 0 Å². The first-order valence-electron chi connectivity index (χ1n) is 8.09. The summed E-state index contributed by atoms with van der Waals surface area (Å²) >= 11 is 0. The van der Waals surface area contributed by atoms with Crippen LogP contribution in [0.4, 0.5) is 14.7 Å². The normalized spacial score (nSPS) is 17.4. The standard InChI is InChI=1S/C18H21F2N3/c19-17(20)16(15-5-2-1-3-6-15)13-14-7-11-23(12-8-14)18-21-9-4-10-22-18/h1-6,9-10,14,16-17H,7-8,11-13H2. The molecule has 0 radical (unpaired) electrons. The summed E-state index contributed by atoms with van der Waals surface area (Å²) in [5.74, 6) is 0.398. The predicted octanol–water partition coefficient (Wildman–Crippen LogP) is 4.13. The van der Waals surface area contributed by atoms with Crippen LogP contribution in [0.5, 0.6) is 0 Å². The van der Waals surface area contributed by atoms with E-state index in [1.165, 1.54) is 0 Å². The lowest BCUT2D eigenvalue weighted by Gasteiger charge is -2.33. The number of hydrogen-bond acceptors (Lipinski definition) is 3. The average molecular weight is 317 g/mol. The second kappa shape index (κ2) is 7.49. The van der Waals surface area contributed by atoms with Crippen LogP contribution >= 0.6 is 0 Å². The molecule has 1 aromatic heterocycles. The zero-order chi connectivity index (χ0) is 16.1. The molecule has 5 heteroatoms. The summed E-state index contributed by atoms with van der Waals surface area (Å²) in [7, 11) is 0. The number of nitrogens with zero attached hydrogens (tertiary/aromatic N) is 3. The van der Waals surface area contributed by atoms with Gasteiger partial charge in [0.15, 0.2) is 0 Å². The fraction of sp³-hybridized carbons (Fsp3) is 0.444. The smallest absolute Gasteiger partial charge is 0.245 e. The molecule has 2 heterocycles. The SMILES string of the molecule is FC(F)C(CC1CCN(c2ncccn2)CC1)c1ccccc1. The second-order valence-electron chi connectivity index (χ2n) is 6.07. The number of benzene rings is 1. The van der Waals surface area contributed by atoms with Crippen molar-refractivity contribution in [2.45, 2.75) is 31.6 Å². The third kappa shape index (κ3) is 4.03. The molecule has 3 nitrogen and oxygen atoms in total. The lowest BCUT2D eigenvalue weighted by molar-refractivity contribution is 0.0985. The Balaban J connectivity index is 1.59. The average Bonchev–Trinajstić information content (AvgIpc) is 2.61. The van der Waals surface area contributed by atoms with Crippen molar-refractivity contribution in [1.29, 1.82) is 0 Å². The van der Waals surface area contributed by atoms with E-state index in [0.717, 1.165) is 37.4 Å². The molecule has 2 aromatic rings. The maximum Gasteiger partial charge on any atom is 0.245 e. The van der Waals surface area contributed by atoms with Crippen molar-refractivity contribution < 1.29 is 8.78 Å². The first kappa shape index (κ1) is 15.8. The zero-order valence-electron chi connectivity index (χ0n) is 13.0. The van der Waals surface area contributed by atoms with Gasteiger partial charge in [-0.1, -0.05) is 30.3 Å². The van der Waals surface area contributed by atoms with Gasteiger partial charge in [-0.3, -0.25) is 0 Å². The second-order valence-corrected chi connectivity index (χ2v) is 6.07. The summed E-state index contributed by atoms with van der Waals surface area (Å²) in [5.41, 5.74) is 0.747. The molecule has 23 heavy (non-hydrogen) atoms. The Morgan fingerprint density at radius 1 is 1.00 bits per heavy atom. The summed E-state index contributed by atoms with van der Waals surface area (Å²) in [4.78, 5) is 10.7. The highest BCUT2D eigenvalue weighted by molar-refractivity contribution is 5.29. The van der Waals surface area contributed by atoms with Gasteiger partial charge in [-0.05, 0) is 36.8 Å². The van der Waals surface area contributed by atoms with Crippen LogP contribution in [0.1, 0.15) is 30.7 Å². The quantitative estimate of drug-likeness (QED) is 0.830. The molecule has 0 spiro atoms. The van der Waals surface area contributed by atoms with Gasteiger partial charge in [0, 0.05) is 31.4 Å². The molecule has 0 amide bonds. The van der Waals surface area contributed by atoms with E-state index in [1.54, 1.807) is 18.5 Å². The minimum atomic E-state index is -2.31. The third-order valence-corrected chi connectivity index (χ3v) is 4.57. The van der Waals surface area contributed by atoms with Crippen molar-refractivity contribution >= 4 is 5.95 Å². The van der Waals surface area contributed by atoms with E-state index in [0.29, 0.717) is 12.3 Å². The highest BCUT2D eigenvalue weighted by Crippen LogP contribution is 2.34. The molecule has 0 N–H and O–H groups in total. The maximum absolute atomic E-state index is 13.5. The van der Waals surface area contributed by atoms with E-state index >= 15 is 0 Å². The van der Waals surface area contributed by atoms with Crippen LogP contribution < -0.4 is 4.90 Å². The van der Waals surface area contributed by atoms with Gasteiger partial charge in [0.2, 0.25) is 12.4 Å². The molecule has 1 aromatic carbocycles. The van der Waals surface area contributed by atoms with Crippen LogP contribution in [-0.2, 0) is 0 Å². The van der Waals surface area contributed by atoms with Crippen molar-refractivity contribution in [2.75, 3.05) is 18.0 Å². The summed E-state index contributed by atoms with van der Waals surface area (Å²) in [6.45, 7) is 1.67. The molecule has 1 saturated heterocycles. The largest absolute Gasteiger partial charge is 0.341 e. The van der Waals surface area contributed by atoms with Crippen LogP contribution in [0.3, 0.4) is 0 Å². The summed E-state index contributed by atoms with van der Waals surface area (Å²) in [6, 6.07) is 10.9. The van der Waals surface area contributed by atoms with Crippen LogP contribution in [0, 0.1) is 5.92 Å². The molecule has 1 unspecified atom stereocenters. The van der Waals surface area contributed by atoms with E-state index < -0.39 is 12.3 Å². The minimum Gasteiger partial charge on any atom is -0.341 e. The lowest BCUT2D eigenvalue weighted by Crippen LogP contribution is -2.35. The Labute approximate surface area is 135 Å². The summed E-state index contributed by atoms with van der Waals surface area (Å²) < 4.78 is 26.9. The number of aromatic nitrogens is 2. The molecule has 122 valence electrons. The van der Waals surface area contributed by atoms with Crippen molar-refractivity contribution in [2.24, 2.45) is 5.92 Å². The van der Waals surface area contributed by atoms with Gasteiger partial charge in [0.25, 0.3) is 0 Å². The Morgan fingerprint density at radius 2 is 1.65 bits per heavy atom. The van der Waals surface area contributed by atoms with Crippen LogP contribution in [0.2, 0.25) is 0 Å². The van der Waals surface area contributed by atoms with E-state index in [1.807, 2.05) is 30.3 Å². The van der Waals surface area contributed by atoms with Gasteiger partial charge in [-0.15, -0.1) is 0 Å². The number of anilines is 1. The predicted molar refractivity (Wildman–Crippen MR) is 86.8 cm³/mol. The third-order valence-electron chi connectivity index (χ3n) is 4.57. The van der Waals surface area contributed by atoms with Crippen molar-refractivity contribution in [3.63, 3.8) is 0 Å². The molecule has 1 fully saturated rings. The van der Waals surface area contributed by atoms with Crippen molar-refractivity contribution in [1.82, 2.24) is 9.97 Å². The molecule has 0 aliphatic carbocycles. The van der Waals surface area contributed by atoms with Gasteiger partial charge < -0.3 is 4.90 Å². The van der Waals surface area contributed by atoms with Gasteiger partial charge in [0.1, 0.15) is 0 Å². The number of piperidine rings is 1. The van der Waals surface area contributed by atoms with Crippen LogP contribution in [0.15, 0.2) is 48.8 Å². The molecule has 1 atom stereocenters. The number of halogens is 2. The number of hydrogen-bond donors (Lipinski definition) is 0. The zero-order valence-corrected chi connectivity index (χ0v) is 13.0. The first-order chi connectivity index (χ1) is 11.2. The molecular weight excluding hydrogens is 296 g/mol. The molecule has 1 aliphatic rings. The Hall–Kier alpha value is -2.04. The molecular formula is C18H21F2N3. The molecule has 3 rings (SSSR count). The minimum absolute atomic E-state index is 0.328. The van der Waals surface area contributed by atoms with Gasteiger partial charge in [-0.25, -0.2) is 18.7 Å². The Bertz CT molecular complexity index is 584. The van der Waals surface area contributed by atoms with E-state index in [9.17, 15) is 8.78 Å². The first-order valence-corrected chi connectivity index (χ1v) is 8.09. The summed E-state index contributed by atoms with van der Waals surface area (Å²) in [5, 5.41) is 0. The molecule has 0 bridgehead atoms. The van der Waals surface area contributed by atoms with E-state index in [2.05, 4.69) is 14.9 Å². The lowest BCUT2D eigenvalue weighted by atomic mass is 9.84. The highest BCUT2D eigenvalue weighted by atomic mass is 19.3. The van der Waals surface area contributed by atoms with Crippen molar-refractivity contribution in [3.8, 4) is 0 Å². The number of rotatable bonds is 5.